The van der Waals surface area contributed by atoms with Crippen molar-refractivity contribution in [2.24, 2.45) is 0 Å². The van der Waals surface area contributed by atoms with Crippen LogP contribution < -0.4 is 5.56 Å². The number of carbonyl (C=O) groups is 1. The Hall–Kier alpha value is -2.71. The SMILES string of the molecule is Cc1ccccc1-n1c(SCC(=O)c2ccc(Br)cc2)nc2[nH]ncc2c1=O. The van der Waals surface area contributed by atoms with Crippen molar-refractivity contribution in [2.45, 2.75) is 12.1 Å². The number of aryl methyl sites for hydroxylation is 1. The minimum Gasteiger partial charge on any atom is -0.293 e. The van der Waals surface area contributed by atoms with Crippen LogP contribution in [0.3, 0.4) is 0 Å². The zero-order valence-electron chi connectivity index (χ0n) is 14.8. The monoisotopic (exact) mass is 454 g/mol. The third kappa shape index (κ3) is 3.53. The highest BCUT2D eigenvalue weighted by Crippen LogP contribution is 2.23. The van der Waals surface area contributed by atoms with Crippen LogP contribution in [0.15, 0.2) is 69.2 Å². The van der Waals surface area contributed by atoms with Gasteiger partial charge in [-0.3, -0.25) is 19.3 Å². The van der Waals surface area contributed by atoms with E-state index in [9.17, 15) is 9.59 Å². The van der Waals surface area contributed by atoms with Gasteiger partial charge >= 0.3 is 0 Å². The Kier molecular flexibility index (Phi) is 5.15. The van der Waals surface area contributed by atoms with Crippen molar-refractivity contribution in [3.8, 4) is 5.69 Å². The van der Waals surface area contributed by atoms with Crippen molar-refractivity contribution >= 4 is 44.5 Å². The lowest BCUT2D eigenvalue weighted by atomic mass is 10.2. The number of fused-ring (bicyclic) bond motifs is 1. The second kappa shape index (κ2) is 7.73. The number of nitrogens with zero attached hydrogens (tertiary/aromatic N) is 3. The summed E-state index contributed by atoms with van der Waals surface area (Å²) >= 11 is 4.60. The molecular formula is C20H15BrN4O2S. The molecule has 1 N–H and O–H groups in total. The van der Waals surface area contributed by atoms with Crippen molar-refractivity contribution in [3.05, 3.63) is 80.7 Å². The average molecular weight is 455 g/mol. The number of rotatable bonds is 5. The molecule has 0 atom stereocenters. The van der Waals surface area contributed by atoms with Crippen LogP contribution in [0.4, 0.5) is 0 Å². The predicted octanol–water partition coefficient (Wildman–Crippen LogP) is 4.15. The van der Waals surface area contributed by atoms with Crippen molar-refractivity contribution in [1.29, 1.82) is 0 Å². The maximum absolute atomic E-state index is 13.1. The fraction of sp³-hybridized carbons (Fsp3) is 0.100. The number of hydrogen-bond acceptors (Lipinski definition) is 5. The highest BCUT2D eigenvalue weighted by molar-refractivity contribution is 9.10. The van der Waals surface area contributed by atoms with Gasteiger partial charge in [0, 0.05) is 10.0 Å². The van der Waals surface area contributed by atoms with Crippen LogP contribution in [-0.2, 0) is 0 Å². The number of hydrogen-bond donors (Lipinski definition) is 1. The molecule has 0 bridgehead atoms. The number of H-pyrrole nitrogens is 1. The Morgan fingerprint density at radius 3 is 2.68 bits per heavy atom. The van der Waals surface area contributed by atoms with Gasteiger partial charge in [0.1, 0.15) is 5.39 Å². The van der Waals surface area contributed by atoms with Gasteiger partial charge in [0.05, 0.1) is 17.6 Å². The predicted molar refractivity (Wildman–Crippen MR) is 113 cm³/mol. The number of benzene rings is 2. The molecule has 0 unspecified atom stereocenters. The van der Waals surface area contributed by atoms with E-state index in [0.29, 0.717) is 21.8 Å². The number of para-hydroxylation sites is 1. The van der Waals surface area contributed by atoms with E-state index >= 15 is 0 Å². The molecule has 0 saturated heterocycles. The molecule has 0 saturated carbocycles. The van der Waals surface area contributed by atoms with Gasteiger partial charge in [0.15, 0.2) is 16.6 Å². The molecule has 0 spiro atoms. The van der Waals surface area contributed by atoms with E-state index in [1.807, 2.05) is 43.3 Å². The Balaban J connectivity index is 1.74. The molecular weight excluding hydrogens is 440 g/mol. The lowest BCUT2D eigenvalue weighted by Gasteiger charge is -2.13. The molecule has 8 heteroatoms. The maximum atomic E-state index is 13.1. The minimum atomic E-state index is -0.216. The number of thioether (sulfide) groups is 1. The summed E-state index contributed by atoms with van der Waals surface area (Å²) in [6, 6.07) is 14.8. The van der Waals surface area contributed by atoms with E-state index in [-0.39, 0.29) is 17.1 Å². The zero-order valence-corrected chi connectivity index (χ0v) is 17.3. The molecule has 140 valence electrons. The first-order valence-electron chi connectivity index (χ1n) is 8.48. The molecule has 0 aliphatic carbocycles. The number of ketones is 1. The normalized spacial score (nSPS) is 11.1. The van der Waals surface area contributed by atoms with Crippen molar-refractivity contribution in [2.75, 3.05) is 5.75 Å². The van der Waals surface area contributed by atoms with Gasteiger partial charge in [-0.05, 0) is 30.7 Å². The Labute approximate surface area is 173 Å². The molecule has 4 rings (SSSR count). The van der Waals surface area contributed by atoms with Crippen LogP contribution in [-0.4, -0.2) is 31.3 Å². The van der Waals surface area contributed by atoms with Gasteiger partial charge in [0.2, 0.25) is 0 Å². The van der Waals surface area contributed by atoms with Gasteiger partial charge < -0.3 is 0 Å². The van der Waals surface area contributed by atoms with Gasteiger partial charge in [-0.15, -0.1) is 0 Å². The molecule has 0 aliphatic heterocycles. The Bertz CT molecular complexity index is 1230. The first kappa shape index (κ1) is 18.6. The largest absolute Gasteiger partial charge is 0.293 e. The summed E-state index contributed by atoms with van der Waals surface area (Å²) in [6.45, 7) is 1.93. The van der Waals surface area contributed by atoms with E-state index in [4.69, 9.17) is 0 Å². The number of carbonyl (C=O) groups excluding carboxylic acids is 1. The molecule has 28 heavy (non-hydrogen) atoms. The van der Waals surface area contributed by atoms with Crippen LogP contribution in [0.2, 0.25) is 0 Å². The maximum Gasteiger partial charge on any atom is 0.269 e. The molecule has 0 amide bonds. The van der Waals surface area contributed by atoms with Gasteiger partial charge in [0.25, 0.3) is 5.56 Å². The summed E-state index contributed by atoms with van der Waals surface area (Å²) in [6.07, 6.45) is 1.47. The Morgan fingerprint density at radius 2 is 1.93 bits per heavy atom. The molecule has 0 fully saturated rings. The summed E-state index contributed by atoms with van der Waals surface area (Å²) < 4.78 is 2.46. The number of aromatic amines is 1. The summed E-state index contributed by atoms with van der Waals surface area (Å²) in [5.41, 5.74) is 2.49. The van der Waals surface area contributed by atoms with Gasteiger partial charge in [-0.25, -0.2) is 4.98 Å². The van der Waals surface area contributed by atoms with Gasteiger partial charge in [-0.1, -0.05) is 58.0 Å². The minimum absolute atomic E-state index is 0.0345. The standard InChI is InChI=1S/C20H15BrN4O2S/c1-12-4-2-3-5-16(12)25-19(27)15-10-22-24-18(15)23-20(25)28-11-17(26)13-6-8-14(21)9-7-13/h2-10H,11H2,1H3,(H,22,24). The first-order valence-corrected chi connectivity index (χ1v) is 10.3. The number of aromatic nitrogens is 4. The second-order valence-electron chi connectivity index (χ2n) is 6.17. The lowest BCUT2D eigenvalue weighted by molar-refractivity contribution is 0.102. The molecule has 2 aromatic carbocycles. The van der Waals surface area contributed by atoms with E-state index < -0.39 is 0 Å². The van der Waals surface area contributed by atoms with Crippen molar-refractivity contribution < 1.29 is 4.79 Å². The highest BCUT2D eigenvalue weighted by atomic mass is 79.9. The molecule has 0 aliphatic rings. The molecule has 4 aromatic rings. The second-order valence-corrected chi connectivity index (χ2v) is 8.03. The summed E-state index contributed by atoms with van der Waals surface area (Å²) in [5, 5.41) is 7.53. The van der Waals surface area contributed by atoms with Gasteiger partial charge in [-0.2, -0.15) is 5.10 Å². The molecule has 2 heterocycles. The van der Waals surface area contributed by atoms with E-state index in [1.54, 1.807) is 16.7 Å². The number of nitrogens with one attached hydrogen (secondary N) is 1. The van der Waals surface area contributed by atoms with Crippen molar-refractivity contribution in [1.82, 2.24) is 19.7 Å². The fourth-order valence-corrected chi connectivity index (χ4v) is 4.00. The third-order valence-corrected chi connectivity index (χ3v) is 5.77. The fourth-order valence-electron chi connectivity index (χ4n) is 2.85. The summed E-state index contributed by atoms with van der Waals surface area (Å²) in [4.78, 5) is 30.2. The van der Waals surface area contributed by atoms with Crippen LogP contribution in [0.5, 0.6) is 0 Å². The van der Waals surface area contributed by atoms with E-state index in [1.165, 1.54) is 18.0 Å². The highest BCUT2D eigenvalue weighted by Gasteiger charge is 2.17. The van der Waals surface area contributed by atoms with Crippen LogP contribution in [0.1, 0.15) is 15.9 Å². The van der Waals surface area contributed by atoms with Crippen molar-refractivity contribution in [3.63, 3.8) is 0 Å². The quantitative estimate of drug-likeness (QED) is 0.278. The average Bonchev–Trinajstić information content (AvgIpc) is 3.17. The molecule has 6 nitrogen and oxygen atoms in total. The van der Waals surface area contributed by atoms with E-state index in [0.717, 1.165) is 15.7 Å². The zero-order chi connectivity index (χ0) is 19.7. The number of halogens is 1. The van der Waals surface area contributed by atoms with E-state index in [2.05, 4.69) is 31.1 Å². The number of Topliss-reactive ketones (excluding diaryl/α,β-unsaturated/α-hetero) is 1. The van der Waals surface area contributed by atoms with Crippen LogP contribution in [0.25, 0.3) is 16.7 Å². The summed E-state index contributed by atoms with van der Waals surface area (Å²) in [7, 11) is 0. The first-order chi connectivity index (χ1) is 13.5. The molecule has 0 radical (unpaired) electrons. The van der Waals surface area contributed by atoms with Crippen LogP contribution >= 0.6 is 27.7 Å². The third-order valence-electron chi connectivity index (χ3n) is 4.31. The lowest BCUT2D eigenvalue weighted by Crippen LogP contribution is -2.22. The topological polar surface area (TPSA) is 80.6 Å². The molecule has 2 aromatic heterocycles. The summed E-state index contributed by atoms with van der Waals surface area (Å²) in [5.74, 6) is 0.132. The van der Waals surface area contributed by atoms with Crippen LogP contribution in [0, 0.1) is 6.92 Å². The smallest absolute Gasteiger partial charge is 0.269 e. The Morgan fingerprint density at radius 1 is 1.18 bits per heavy atom.